The molecule has 0 bridgehead atoms. The van der Waals surface area contributed by atoms with E-state index in [2.05, 4.69) is 10.1 Å². The van der Waals surface area contributed by atoms with Gasteiger partial charge < -0.3 is 0 Å². The second kappa shape index (κ2) is 2.90. The molecule has 0 radical (unpaired) electrons. The number of hydrogen-bond acceptors (Lipinski definition) is 3. The molecule has 14 heavy (non-hydrogen) atoms. The number of nitrogens with zero attached hydrogens (tertiary/aromatic N) is 3. The van der Waals surface area contributed by atoms with Gasteiger partial charge in [0.1, 0.15) is 5.69 Å². The van der Waals surface area contributed by atoms with Crippen LogP contribution in [0, 0.1) is 20.8 Å². The van der Waals surface area contributed by atoms with Crippen molar-refractivity contribution in [3.05, 3.63) is 28.7 Å². The molecule has 2 aromatic heterocycles. The first-order chi connectivity index (χ1) is 6.63. The van der Waals surface area contributed by atoms with E-state index in [0.717, 1.165) is 28.9 Å². The van der Waals surface area contributed by atoms with Crippen molar-refractivity contribution in [3.8, 4) is 0 Å². The lowest BCUT2D eigenvalue weighted by atomic mass is 10.3. The van der Waals surface area contributed by atoms with Crippen LogP contribution in [0.15, 0.2) is 6.07 Å². The molecular formula is C10H11N3O. The predicted octanol–water partition coefficient (Wildman–Crippen LogP) is 1.47. The van der Waals surface area contributed by atoms with Crippen molar-refractivity contribution in [2.75, 3.05) is 0 Å². The molecule has 4 nitrogen and oxygen atoms in total. The van der Waals surface area contributed by atoms with Gasteiger partial charge in [0, 0.05) is 0 Å². The Morgan fingerprint density at radius 2 is 2.07 bits per heavy atom. The van der Waals surface area contributed by atoms with Crippen LogP contribution in [0.4, 0.5) is 0 Å². The quantitative estimate of drug-likeness (QED) is 0.638. The Morgan fingerprint density at radius 1 is 1.36 bits per heavy atom. The molecule has 2 aromatic rings. The Hall–Kier alpha value is -1.71. The van der Waals surface area contributed by atoms with E-state index in [1.54, 1.807) is 4.52 Å². The van der Waals surface area contributed by atoms with E-state index >= 15 is 0 Å². The van der Waals surface area contributed by atoms with E-state index in [1.165, 1.54) is 0 Å². The minimum atomic E-state index is 0.534. The van der Waals surface area contributed by atoms with Crippen molar-refractivity contribution >= 4 is 11.9 Å². The second-order valence-electron chi connectivity index (χ2n) is 3.40. The number of imidazole rings is 1. The largest absolute Gasteiger partial charge is 0.296 e. The Balaban J connectivity index is 2.94. The highest BCUT2D eigenvalue weighted by Crippen LogP contribution is 2.13. The van der Waals surface area contributed by atoms with E-state index in [9.17, 15) is 4.79 Å². The summed E-state index contributed by atoms with van der Waals surface area (Å²) in [6.07, 6.45) is 0.793. The predicted molar refractivity (Wildman–Crippen MR) is 52.6 cm³/mol. The fourth-order valence-electron chi connectivity index (χ4n) is 1.59. The minimum Gasteiger partial charge on any atom is -0.296 e. The lowest BCUT2D eigenvalue weighted by Gasteiger charge is -1.99. The van der Waals surface area contributed by atoms with Gasteiger partial charge in [0.25, 0.3) is 0 Å². The second-order valence-corrected chi connectivity index (χ2v) is 3.40. The van der Waals surface area contributed by atoms with Crippen LogP contribution in [0.3, 0.4) is 0 Å². The van der Waals surface area contributed by atoms with E-state index in [1.807, 2.05) is 26.8 Å². The summed E-state index contributed by atoms with van der Waals surface area (Å²) in [6, 6.07) is 1.95. The average molecular weight is 189 g/mol. The van der Waals surface area contributed by atoms with Gasteiger partial charge in [-0.05, 0) is 32.4 Å². The van der Waals surface area contributed by atoms with Crippen LogP contribution < -0.4 is 0 Å². The van der Waals surface area contributed by atoms with Gasteiger partial charge in [-0.1, -0.05) is 0 Å². The van der Waals surface area contributed by atoms with Crippen LogP contribution in [-0.2, 0) is 0 Å². The fraction of sp³-hybridized carbons (Fsp3) is 0.300. The maximum absolute atomic E-state index is 10.8. The average Bonchev–Trinajstić information content (AvgIpc) is 2.41. The molecule has 0 amide bonds. The highest BCUT2D eigenvalue weighted by Gasteiger charge is 2.10. The molecule has 0 unspecified atom stereocenters. The molecule has 4 heteroatoms. The first-order valence-electron chi connectivity index (χ1n) is 4.42. The van der Waals surface area contributed by atoms with E-state index in [-0.39, 0.29) is 0 Å². The molecule has 0 aliphatic heterocycles. The molecule has 72 valence electrons. The van der Waals surface area contributed by atoms with E-state index < -0.39 is 0 Å². The van der Waals surface area contributed by atoms with Gasteiger partial charge in [-0.25, -0.2) is 9.50 Å². The molecule has 0 saturated heterocycles. The first kappa shape index (κ1) is 8.87. The number of carbonyl (C=O) groups is 1. The molecule has 0 atom stereocenters. The van der Waals surface area contributed by atoms with Crippen LogP contribution in [-0.4, -0.2) is 20.9 Å². The third kappa shape index (κ3) is 1.11. The number of aryl methyl sites for hydroxylation is 3. The zero-order chi connectivity index (χ0) is 10.3. The highest BCUT2D eigenvalue weighted by atomic mass is 16.1. The lowest BCUT2D eigenvalue weighted by molar-refractivity contribution is 0.111. The lowest BCUT2D eigenvalue weighted by Crippen LogP contribution is -2.00. The zero-order valence-corrected chi connectivity index (χ0v) is 8.40. The molecule has 0 N–H and O–H groups in total. The molecule has 0 fully saturated rings. The summed E-state index contributed by atoms with van der Waals surface area (Å²) in [6.45, 7) is 5.68. The molecule has 0 saturated carbocycles. The Kier molecular flexibility index (Phi) is 1.84. The maximum Gasteiger partial charge on any atom is 0.170 e. The van der Waals surface area contributed by atoms with Crippen molar-refractivity contribution in [2.24, 2.45) is 0 Å². The van der Waals surface area contributed by atoms with Crippen molar-refractivity contribution < 1.29 is 4.79 Å². The first-order valence-corrected chi connectivity index (χ1v) is 4.42. The normalized spacial score (nSPS) is 10.8. The van der Waals surface area contributed by atoms with Crippen LogP contribution in [0.5, 0.6) is 0 Å². The molecular weight excluding hydrogens is 178 g/mol. The molecule has 0 aliphatic rings. The van der Waals surface area contributed by atoms with Crippen molar-refractivity contribution in [2.45, 2.75) is 20.8 Å². The monoisotopic (exact) mass is 189 g/mol. The number of fused-ring (bicyclic) bond motifs is 1. The third-order valence-electron chi connectivity index (χ3n) is 2.22. The third-order valence-corrected chi connectivity index (χ3v) is 2.22. The smallest absolute Gasteiger partial charge is 0.170 e. The molecule has 0 aliphatic carbocycles. The van der Waals surface area contributed by atoms with Gasteiger partial charge in [0.2, 0.25) is 0 Å². The van der Waals surface area contributed by atoms with Crippen LogP contribution >= 0.6 is 0 Å². The molecule has 2 rings (SSSR count). The molecule has 0 aromatic carbocycles. The van der Waals surface area contributed by atoms with Gasteiger partial charge in [-0.15, -0.1) is 0 Å². The van der Waals surface area contributed by atoms with Crippen molar-refractivity contribution in [3.63, 3.8) is 0 Å². The summed E-state index contributed by atoms with van der Waals surface area (Å²) in [5.74, 6) is 0. The number of aromatic nitrogens is 3. The highest BCUT2D eigenvalue weighted by molar-refractivity contribution is 5.76. The van der Waals surface area contributed by atoms with Gasteiger partial charge in [0.15, 0.2) is 11.9 Å². The summed E-state index contributed by atoms with van der Waals surface area (Å²) in [4.78, 5) is 15.1. The number of carbonyl (C=O) groups excluding carboxylic acids is 1. The Labute approximate surface area is 81.6 Å². The van der Waals surface area contributed by atoms with Crippen molar-refractivity contribution in [1.82, 2.24) is 14.6 Å². The van der Waals surface area contributed by atoms with Gasteiger partial charge in [-0.3, -0.25) is 4.79 Å². The van der Waals surface area contributed by atoms with Gasteiger partial charge in [0.05, 0.1) is 11.4 Å². The summed E-state index contributed by atoms with van der Waals surface area (Å²) in [5.41, 5.74) is 3.94. The summed E-state index contributed by atoms with van der Waals surface area (Å²) in [7, 11) is 0. The van der Waals surface area contributed by atoms with Crippen LogP contribution in [0.25, 0.3) is 5.65 Å². The maximum atomic E-state index is 10.8. The zero-order valence-electron chi connectivity index (χ0n) is 8.40. The van der Waals surface area contributed by atoms with Crippen molar-refractivity contribution in [1.29, 1.82) is 0 Å². The van der Waals surface area contributed by atoms with Gasteiger partial charge >= 0.3 is 0 Å². The summed E-state index contributed by atoms with van der Waals surface area (Å²) >= 11 is 0. The molecule has 0 spiro atoms. The van der Waals surface area contributed by atoms with E-state index in [0.29, 0.717) is 5.69 Å². The Bertz CT molecular complexity index is 514. The van der Waals surface area contributed by atoms with Crippen LogP contribution in [0.2, 0.25) is 0 Å². The fourth-order valence-corrected chi connectivity index (χ4v) is 1.59. The minimum absolute atomic E-state index is 0.534. The van der Waals surface area contributed by atoms with Crippen LogP contribution in [0.1, 0.15) is 27.4 Å². The topological polar surface area (TPSA) is 47.3 Å². The van der Waals surface area contributed by atoms with Gasteiger partial charge in [-0.2, -0.15) is 5.10 Å². The summed E-state index contributed by atoms with van der Waals surface area (Å²) < 4.78 is 1.60. The number of hydrogen-bond donors (Lipinski definition) is 0. The Morgan fingerprint density at radius 3 is 2.71 bits per heavy atom. The van der Waals surface area contributed by atoms with E-state index in [4.69, 9.17) is 0 Å². The molecule has 2 heterocycles. The summed E-state index contributed by atoms with van der Waals surface area (Å²) in [5, 5.41) is 4.25. The number of aldehydes is 1. The SMILES string of the molecule is Cc1cc(C)c2nc(C)c(C=O)n2n1. The standard InChI is InChI=1S/C10H11N3O/c1-6-4-7(2)12-13-9(5-14)8(3)11-10(6)13/h4-5H,1-3H3. The number of rotatable bonds is 1.